The van der Waals surface area contributed by atoms with Crippen molar-refractivity contribution >= 4 is 23.7 Å². The van der Waals surface area contributed by atoms with E-state index in [0.717, 1.165) is 5.75 Å². The summed E-state index contributed by atoms with van der Waals surface area (Å²) in [5, 5.41) is 0.511. The maximum atomic E-state index is 5.70. The van der Waals surface area contributed by atoms with Crippen LogP contribution in [0.5, 0.6) is 5.75 Å². The Bertz CT molecular complexity index is 605. The van der Waals surface area contributed by atoms with Gasteiger partial charge in [-0.1, -0.05) is 44.7 Å². The monoisotopic (exact) mass is 319 g/mol. The Morgan fingerprint density at radius 2 is 1.59 bits per heavy atom. The molecular weight excluding hydrogens is 298 g/mol. The second kappa shape index (κ2) is 6.83. The van der Waals surface area contributed by atoms with Gasteiger partial charge in [0.25, 0.3) is 0 Å². The van der Waals surface area contributed by atoms with Crippen LogP contribution in [0.4, 0.5) is 11.9 Å². The molecule has 2 rings (SSSR count). The number of hydrogen-bond donors (Lipinski definition) is 2. The molecule has 2 aromatic rings. The number of ether oxygens (including phenoxy) is 1. The predicted octanol–water partition coefficient (Wildman–Crippen LogP) is 2.50. The average Bonchev–Trinajstić information content (AvgIpc) is 2.42. The number of nitrogens with two attached hydrogens (primary N) is 2. The van der Waals surface area contributed by atoms with E-state index >= 15 is 0 Å². The van der Waals surface area contributed by atoms with Gasteiger partial charge in [-0.2, -0.15) is 15.0 Å². The molecule has 0 amide bonds. The summed E-state index contributed by atoms with van der Waals surface area (Å²) in [5.41, 5.74) is 12.5. The molecule has 0 unspecified atom stereocenters. The molecule has 0 aliphatic heterocycles. The lowest BCUT2D eigenvalue weighted by atomic mass is 9.87. The molecule has 0 radical (unpaired) electrons. The minimum atomic E-state index is 0.133. The molecule has 4 N–H and O–H groups in total. The zero-order valence-corrected chi connectivity index (χ0v) is 13.9. The molecule has 0 atom stereocenters. The van der Waals surface area contributed by atoms with E-state index in [1.807, 2.05) is 12.1 Å². The molecule has 7 heteroatoms. The first-order chi connectivity index (χ1) is 10.3. The Morgan fingerprint density at radius 3 is 2.14 bits per heavy atom. The van der Waals surface area contributed by atoms with Crippen molar-refractivity contribution < 1.29 is 4.74 Å². The van der Waals surface area contributed by atoms with E-state index in [2.05, 4.69) is 47.9 Å². The molecule has 0 aliphatic carbocycles. The highest BCUT2D eigenvalue weighted by Crippen LogP contribution is 2.24. The number of nitrogens with zero attached hydrogens (tertiary/aromatic N) is 3. The van der Waals surface area contributed by atoms with Crippen molar-refractivity contribution in [2.24, 2.45) is 0 Å². The van der Waals surface area contributed by atoms with Crippen LogP contribution >= 0.6 is 11.8 Å². The van der Waals surface area contributed by atoms with Crippen molar-refractivity contribution in [2.45, 2.75) is 31.3 Å². The maximum absolute atomic E-state index is 5.70. The lowest BCUT2D eigenvalue weighted by Gasteiger charge is -2.19. The van der Waals surface area contributed by atoms with E-state index in [1.165, 1.54) is 17.3 Å². The van der Waals surface area contributed by atoms with Gasteiger partial charge in [-0.25, -0.2) is 0 Å². The quantitative estimate of drug-likeness (QED) is 0.645. The molecule has 1 aromatic carbocycles. The number of hydrogen-bond acceptors (Lipinski definition) is 7. The van der Waals surface area contributed by atoms with E-state index in [1.54, 1.807) is 0 Å². The molecule has 1 heterocycles. The van der Waals surface area contributed by atoms with Crippen molar-refractivity contribution in [1.82, 2.24) is 15.0 Å². The van der Waals surface area contributed by atoms with Gasteiger partial charge in [0.1, 0.15) is 5.75 Å². The van der Waals surface area contributed by atoms with Gasteiger partial charge in [-0.15, -0.1) is 0 Å². The van der Waals surface area contributed by atoms with Crippen molar-refractivity contribution in [3.63, 3.8) is 0 Å². The fourth-order valence-electron chi connectivity index (χ4n) is 1.80. The number of aromatic nitrogens is 3. The third-order valence-electron chi connectivity index (χ3n) is 2.95. The summed E-state index contributed by atoms with van der Waals surface area (Å²) in [6.07, 6.45) is 0. The first kappa shape index (κ1) is 16.4. The minimum absolute atomic E-state index is 0.133. The first-order valence-electron chi connectivity index (χ1n) is 6.98. The van der Waals surface area contributed by atoms with Gasteiger partial charge in [0.15, 0.2) is 5.16 Å². The lowest BCUT2D eigenvalue weighted by molar-refractivity contribution is 0.343. The van der Waals surface area contributed by atoms with Crippen LogP contribution in [0.15, 0.2) is 29.4 Å². The standard InChI is InChI=1S/C15H21N5OS/c1-15(2,3)10-4-6-11(7-5-10)21-8-9-22-14-19-12(16)18-13(17)20-14/h4-7H,8-9H2,1-3H3,(H4,16,17,18,19,20). The van der Waals surface area contributed by atoms with Crippen LogP contribution < -0.4 is 16.2 Å². The first-order valence-corrected chi connectivity index (χ1v) is 7.96. The fourth-order valence-corrected chi connectivity index (χ4v) is 2.46. The minimum Gasteiger partial charge on any atom is -0.493 e. The van der Waals surface area contributed by atoms with Crippen molar-refractivity contribution in [2.75, 3.05) is 23.8 Å². The lowest BCUT2D eigenvalue weighted by Crippen LogP contribution is -2.10. The highest BCUT2D eigenvalue weighted by molar-refractivity contribution is 7.99. The number of anilines is 2. The molecule has 22 heavy (non-hydrogen) atoms. The second-order valence-corrected chi connectivity index (χ2v) is 6.87. The molecule has 6 nitrogen and oxygen atoms in total. The Balaban J connectivity index is 1.81. The molecule has 0 bridgehead atoms. The Hall–Kier alpha value is -2.02. The Labute approximate surface area is 134 Å². The molecule has 0 fully saturated rings. The van der Waals surface area contributed by atoms with Crippen LogP contribution in [0.25, 0.3) is 0 Å². The summed E-state index contributed by atoms with van der Waals surface area (Å²) in [6, 6.07) is 8.17. The van der Waals surface area contributed by atoms with Crippen LogP contribution in [0, 0.1) is 0 Å². The van der Waals surface area contributed by atoms with Crippen molar-refractivity contribution in [3.8, 4) is 5.75 Å². The van der Waals surface area contributed by atoms with Crippen LogP contribution in [0.3, 0.4) is 0 Å². The summed E-state index contributed by atoms with van der Waals surface area (Å²) in [6.45, 7) is 7.11. The summed E-state index contributed by atoms with van der Waals surface area (Å²) < 4.78 is 5.70. The normalized spacial score (nSPS) is 11.4. The van der Waals surface area contributed by atoms with Crippen LogP contribution in [-0.4, -0.2) is 27.3 Å². The molecule has 0 saturated carbocycles. The van der Waals surface area contributed by atoms with Crippen LogP contribution in [-0.2, 0) is 5.41 Å². The van der Waals surface area contributed by atoms with Gasteiger partial charge in [-0.3, -0.25) is 0 Å². The molecule has 118 valence electrons. The van der Waals surface area contributed by atoms with Gasteiger partial charge in [0, 0.05) is 5.75 Å². The second-order valence-electron chi connectivity index (χ2n) is 5.81. The van der Waals surface area contributed by atoms with Gasteiger partial charge in [-0.05, 0) is 23.1 Å². The smallest absolute Gasteiger partial charge is 0.225 e. The Kier molecular flexibility index (Phi) is 5.07. The maximum Gasteiger partial charge on any atom is 0.225 e. The zero-order valence-electron chi connectivity index (χ0n) is 13.0. The number of nitrogen functional groups attached to an aromatic ring is 2. The fraction of sp³-hybridized carbons (Fsp3) is 0.400. The Morgan fingerprint density at radius 1 is 1.00 bits per heavy atom. The largest absolute Gasteiger partial charge is 0.493 e. The van der Waals surface area contributed by atoms with E-state index in [-0.39, 0.29) is 17.3 Å². The SMILES string of the molecule is CC(C)(C)c1ccc(OCCSc2nc(N)nc(N)n2)cc1. The van der Waals surface area contributed by atoms with Crippen molar-refractivity contribution in [3.05, 3.63) is 29.8 Å². The van der Waals surface area contributed by atoms with E-state index < -0.39 is 0 Å². The topological polar surface area (TPSA) is 99.9 Å². The summed E-state index contributed by atoms with van der Waals surface area (Å²) in [5.74, 6) is 1.81. The summed E-state index contributed by atoms with van der Waals surface area (Å²) >= 11 is 1.43. The van der Waals surface area contributed by atoms with Gasteiger partial charge < -0.3 is 16.2 Å². The van der Waals surface area contributed by atoms with Crippen LogP contribution in [0.1, 0.15) is 26.3 Å². The molecular formula is C15H21N5OS. The molecule has 0 spiro atoms. The highest BCUT2D eigenvalue weighted by atomic mass is 32.2. The number of thioether (sulfide) groups is 1. The molecule has 1 aromatic heterocycles. The third-order valence-corrected chi connectivity index (χ3v) is 3.76. The van der Waals surface area contributed by atoms with Gasteiger partial charge in [0.2, 0.25) is 11.9 Å². The summed E-state index contributed by atoms with van der Waals surface area (Å²) in [7, 11) is 0. The number of benzene rings is 1. The average molecular weight is 319 g/mol. The number of rotatable bonds is 5. The van der Waals surface area contributed by atoms with Crippen molar-refractivity contribution in [1.29, 1.82) is 0 Å². The van der Waals surface area contributed by atoms with E-state index in [9.17, 15) is 0 Å². The van der Waals surface area contributed by atoms with Gasteiger partial charge >= 0.3 is 0 Å². The zero-order chi connectivity index (χ0) is 16.2. The van der Waals surface area contributed by atoms with Crippen LogP contribution in [0.2, 0.25) is 0 Å². The third kappa shape index (κ3) is 4.77. The highest BCUT2D eigenvalue weighted by Gasteiger charge is 2.12. The summed E-state index contributed by atoms with van der Waals surface area (Å²) in [4.78, 5) is 11.7. The predicted molar refractivity (Wildman–Crippen MR) is 90.0 cm³/mol. The van der Waals surface area contributed by atoms with Gasteiger partial charge in [0.05, 0.1) is 6.61 Å². The molecule has 0 saturated heterocycles. The van der Waals surface area contributed by atoms with E-state index in [4.69, 9.17) is 16.2 Å². The molecule has 0 aliphatic rings. The van der Waals surface area contributed by atoms with E-state index in [0.29, 0.717) is 17.5 Å².